The van der Waals surface area contributed by atoms with Gasteiger partial charge in [0.2, 0.25) is 5.91 Å². The van der Waals surface area contributed by atoms with E-state index < -0.39 is 11.6 Å². The van der Waals surface area contributed by atoms with Crippen molar-refractivity contribution in [2.24, 2.45) is 11.8 Å². The van der Waals surface area contributed by atoms with E-state index in [2.05, 4.69) is 15.2 Å². The molecular weight excluding hydrogens is 384 g/mol. The van der Waals surface area contributed by atoms with Crippen LogP contribution >= 0.6 is 0 Å². The number of likely N-dealkylation sites (tertiary alicyclic amines) is 1. The minimum absolute atomic E-state index is 0.104. The van der Waals surface area contributed by atoms with Crippen LogP contribution in [0.1, 0.15) is 55.8 Å². The Balaban J connectivity index is 1.41. The molecule has 1 aliphatic heterocycles. The lowest BCUT2D eigenvalue weighted by molar-refractivity contribution is -0.126. The molecule has 1 N–H and O–H groups in total. The first-order chi connectivity index (χ1) is 14.6. The largest absolute Gasteiger partial charge is 0.347 e. The second-order valence-corrected chi connectivity index (χ2v) is 8.55. The molecule has 1 amide bonds. The summed E-state index contributed by atoms with van der Waals surface area (Å²) in [5.41, 5.74) is 1.29. The molecule has 2 aliphatic rings. The highest BCUT2D eigenvalue weighted by Gasteiger charge is 2.32. The van der Waals surface area contributed by atoms with Gasteiger partial charge < -0.3 is 5.32 Å². The smallest absolute Gasteiger partial charge is 0.223 e. The predicted molar refractivity (Wildman–Crippen MR) is 111 cm³/mol. The zero-order valence-electron chi connectivity index (χ0n) is 17.2. The Labute approximate surface area is 176 Å². The molecule has 30 heavy (non-hydrogen) atoms. The molecule has 1 saturated heterocycles. The molecule has 4 rings (SSSR count). The Bertz CT molecular complexity index is 847. The van der Waals surface area contributed by atoms with Crippen LogP contribution in [0, 0.1) is 23.5 Å². The molecule has 1 unspecified atom stereocenters. The summed E-state index contributed by atoms with van der Waals surface area (Å²) >= 11 is 0. The first-order valence-corrected chi connectivity index (χ1v) is 11.0. The average molecular weight is 414 g/mol. The van der Waals surface area contributed by atoms with Crippen molar-refractivity contribution in [3.63, 3.8) is 0 Å². The minimum Gasteiger partial charge on any atom is -0.347 e. The molecule has 6 heteroatoms. The monoisotopic (exact) mass is 413 g/mol. The zero-order valence-corrected chi connectivity index (χ0v) is 17.2. The highest BCUT2D eigenvalue weighted by atomic mass is 19.2. The number of pyridine rings is 1. The number of hydrogen-bond acceptors (Lipinski definition) is 3. The lowest BCUT2D eigenvalue weighted by Gasteiger charge is -2.36. The van der Waals surface area contributed by atoms with Crippen LogP contribution in [0.15, 0.2) is 42.6 Å². The van der Waals surface area contributed by atoms with Gasteiger partial charge >= 0.3 is 0 Å². The van der Waals surface area contributed by atoms with Gasteiger partial charge in [0.25, 0.3) is 0 Å². The Kier molecular flexibility index (Phi) is 6.72. The van der Waals surface area contributed by atoms with E-state index in [1.165, 1.54) is 0 Å². The average Bonchev–Trinajstić information content (AvgIpc) is 3.32. The van der Waals surface area contributed by atoms with E-state index in [0.717, 1.165) is 63.4 Å². The molecular formula is C24H29F2N3O. The molecule has 160 valence electrons. The van der Waals surface area contributed by atoms with Crippen molar-refractivity contribution in [1.29, 1.82) is 0 Å². The van der Waals surface area contributed by atoms with Crippen molar-refractivity contribution in [3.05, 3.63) is 65.5 Å². The van der Waals surface area contributed by atoms with Gasteiger partial charge in [-0.05, 0) is 62.9 Å². The number of amides is 1. The molecule has 1 atom stereocenters. The summed E-state index contributed by atoms with van der Waals surface area (Å²) in [6.45, 7) is 1.96. The first kappa shape index (κ1) is 20.9. The van der Waals surface area contributed by atoms with E-state index >= 15 is 0 Å². The van der Waals surface area contributed by atoms with Gasteiger partial charge in [0.15, 0.2) is 11.6 Å². The summed E-state index contributed by atoms with van der Waals surface area (Å²) in [4.78, 5) is 19.5. The number of carbonyl (C=O) groups is 1. The van der Waals surface area contributed by atoms with E-state index in [0.29, 0.717) is 12.1 Å². The van der Waals surface area contributed by atoms with Crippen LogP contribution in [-0.4, -0.2) is 28.9 Å². The molecule has 4 nitrogen and oxygen atoms in total. The van der Waals surface area contributed by atoms with Gasteiger partial charge in [0.05, 0.1) is 11.7 Å². The number of hydrogen-bond donors (Lipinski definition) is 1. The fourth-order valence-electron chi connectivity index (χ4n) is 4.81. The van der Waals surface area contributed by atoms with Gasteiger partial charge in [-0.1, -0.05) is 31.0 Å². The summed E-state index contributed by atoms with van der Waals surface area (Å²) < 4.78 is 27.5. The summed E-state index contributed by atoms with van der Waals surface area (Å²) in [6.07, 6.45) is 7.72. The number of carbonyl (C=O) groups excluding carboxylic acids is 1. The summed E-state index contributed by atoms with van der Waals surface area (Å²) in [7, 11) is 0. The second kappa shape index (κ2) is 9.65. The topological polar surface area (TPSA) is 45.2 Å². The second-order valence-electron chi connectivity index (χ2n) is 8.55. The van der Waals surface area contributed by atoms with Crippen LogP contribution in [0.5, 0.6) is 0 Å². The van der Waals surface area contributed by atoms with Gasteiger partial charge in [-0.3, -0.25) is 14.7 Å². The van der Waals surface area contributed by atoms with Crippen LogP contribution in [-0.2, 0) is 11.3 Å². The number of piperidine rings is 1. The van der Waals surface area contributed by atoms with Crippen LogP contribution < -0.4 is 5.32 Å². The molecule has 2 aromatic rings. The minimum atomic E-state index is -0.799. The number of nitrogens with one attached hydrogen (secondary N) is 1. The highest BCUT2D eigenvalue weighted by Crippen LogP contribution is 2.32. The highest BCUT2D eigenvalue weighted by molar-refractivity contribution is 5.79. The fourth-order valence-corrected chi connectivity index (χ4v) is 4.81. The molecule has 1 aliphatic carbocycles. The number of rotatable bonds is 6. The normalized spacial score (nSPS) is 19.7. The van der Waals surface area contributed by atoms with Crippen molar-refractivity contribution < 1.29 is 13.6 Å². The number of halogens is 2. The third kappa shape index (κ3) is 4.86. The third-order valence-electron chi connectivity index (χ3n) is 6.56. The van der Waals surface area contributed by atoms with E-state index in [-0.39, 0.29) is 23.8 Å². The molecule has 0 bridgehead atoms. The first-order valence-electron chi connectivity index (χ1n) is 11.0. The molecule has 2 fully saturated rings. The Hall–Kier alpha value is -2.34. The van der Waals surface area contributed by atoms with Crippen molar-refractivity contribution >= 4 is 5.91 Å². The number of nitrogens with zero attached hydrogens (tertiary/aromatic N) is 2. The lowest BCUT2D eigenvalue weighted by atomic mass is 9.86. The van der Waals surface area contributed by atoms with E-state index in [9.17, 15) is 13.6 Å². The van der Waals surface area contributed by atoms with Gasteiger partial charge in [-0.15, -0.1) is 0 Å². The van der Waals surface area contributed by atoms with Crippen molar-refractivity contribution in [2.75, 3.05) is 13.1 Å². The number of aromatic nitrogens is 1. The fraction of sp³-hybridized carbons (Fsp3) is 0.500. The third-order valence-corrected chi connectivity index (χ3v) is 6.56. The van der Waals surface area contributed by atoms with Crippen LogP contribution in [0.4, 0.5) is 8.78 Å². The van der Waals surface area contributed by atoms with Crippen LogP contribution in [0.2, 0.25) is 0 Å². The summed E-state index contributed by atoms with van der Waals surface area (Å²) in [5, 5.41) is 3.30. The molecule has 0 spiro atoms. The van der Waals surface area contributed by atoms with E-state index in [1.54, 1.807) is 18.3 Å². The summed E-state index contributed by atoms with van der Waals surface area (Å²) in [6, 6.07) is 10.1. The number of benzene rings is 1. The SMILES string of the molecule is O=C(NC(c1ccccn1)C1CCN(Cc2cccc(F)c2F)CC1)C1CCCC1. The molecule has 1 aromatic heterocycles. The molecule has 2 heterocycles. The zero-order chi connectivity index (χ0) is 20.9. The quantitative estimate of drug-likeness (QED) is 0.752. The van der Waals surface area contributed by atoms with Gasteiger partial charge in [-0.25, -0.2) is 8.78 Å². The molecule has 1 aromatic carbocycles. The Morgan fingerprint density at radius 3 is 2.53 bits per heavy atom. The molecule has 0 radical (unpaired) electrons. The van der Waals surface area contributed by atoms with Crippen LogP contribution in [0.3, 0.4) is 0 Å². The van der Waals surface area contributed by atoms with E-state index in [1.807, 2.05) is 18.2 Å². The maximum atomic E-state index is 14.0. The predicted octanol–water partition coefficient (Wildman–Crippen LogP) is 4.62. The van der Waals surface area contributed by atoms with E-state index in [4.69, 9.17) is 0 Å². The maximum absolute atomic E-state index is 14.0. The van der Waals surface area contributed by atoms with Crippen molar-refractivity contribution in [3.8, 4) is 0 Å². The maximum Gasteiger partial charge on any atom is 0.223 e. The van der Waals surface area contributed by atoms with Gasteiger partial charge in [-0.2, -0.15) is 0 Å². The standard InChI is InChI=1S/C24H29F2N3O/c25-20-9-5-8-19(22(20)26)16-29-14-11-17(12-15-29)23(21-10-3-4-13-27-21)28-24(30)18-6-1-2-7-18/h3-5,8-10,13,17-18,23H,1-2,6-7,11-12,14-16H2,(H,28,30). The summed E-state index contributed by atoms with van der Waals surface area (Å²) in [5.74, 6) is -1.01. The van der Waals surface area contributed by atoms with Crippen molar-refractivity contribution in [1.82, 2.24) is 15.2 Å². The lowest BCUT2D eigenvalue weighted by Crippen LogP contribution is -2.42. The van der Waals surface area contributed by atoms with Crippen LogP contribution in [0.25, 0.3) is 0 Å². The Morgan fingerprint density at radius 1 is 1.07 bits per heavy atom. The molecule has 1 saturated carbocycles. The van der Waals surface area contributed by atoms with Gasteiger partial charge in [0.1, 0.15) is 0 Å². The van der Waals surface area contributed by atoms with Crippen molar-refractivity contribution in [2.45, 2.75) is 51.1 Å². The van der Waals surface area contributed by atoms with Gasteiger partial charge in [0, 0.05) is 24.2 Å². The Morgan fingerprint density at radius 2 is 1.83 bits per heavy atom.